The number of aryl methyl sites for hydroxylation is 2. The number of carbonyl (C=O) groups is 1. The average Bonchev–Trinajstić information content (AvgIpc) is 3.32. The molecule has 0 bridgehead atoms. The van der Waals surface area contributed by atoms with E-state index in [2.05, 4.69) is 5.32 Å². The van der Waals surface area contributed by atoms with Crippen LogP contribution in [-0.4, -0.2) is 20.2 Å². The van der Waals surface area contributed by atoms with E-state index in [1.807, 2.05) is 60.8 Å². The van der Waals surface area contributed by atoms with Gasteiger partial charge in [0.1, 0.15) is 10.6 Å². The molecule has 0 aliphatic rings. The summed E-state index contributed by atoms with van der Waals surface area (Å²) < 4.78 is 6.92. The van der Waals surface area contributed by atoms with Crippen molar-refractivity contribution in [3.8, 4) is 11.3 Å². The van der Waals surface area contributed by atoms with Gasteiger partial charge in [0.15, 0.2) is 5.76 Å². The number of amides is 1. The van der Waals surface area contributed by atoms with E-state index < -0.39 is 16.7 Å². The van der Waals surface area contributed by atoms with Gasteiger partial charge in [-0.3, -0.25) is 14.9 Å². The predicted octanol–water partition coefficient (Wildman–Crippen LogP) is 4.05. The number of pyridine rings is 1. The van der Waals surface area contributed by atoms with Crippen molar-refractivity contribution in [2.75, 3.05) is 0 Å². The van der Waals surface area contributed by atoms with Crippen LogP contribution < -0.4 is 5.32 Å². The first-order valence-corrected chi connectivity index (χ1v) is 8.99. The summed E-state index contributed by atoms with van der Waals surface area (Å²) in [5, 5.41) is 13.5. The first-order chi connectivity index (χ1) is 13.9. The molecule has 4 aromatic rings. The Morgan fingerprint density at radius 1 is 1.10 bits per heavy atom. The summed E-state index contributed by atoms with van der Waals surface area (Å²) in [7, 11) is 0. The predicted molar refractivity (Wildman–Crippen MR) is 107 cm³/mol. The molecule has 8 heteroatoms. The summed E-state index contributed by atoms with van der Waals surface area (Å²) in [4.78, 5) is 27.2. The Labute approximate surface area is 166 Å². The van der Waals surface area contributed by atoms with Gasteiger partial charge in [-0.25, -0.2) is 4.98 Å². The normalized spacial score (nSPS) is 11.0. The van der Waals surface area contributed by atoms with Crippen molar-refractivity contribution < 1.29 is 14.1 Å². The standard InChI is InChI=1S/C21H18N4O4/c1-13-3-6-15(7-4-13)20-16(24-12-14(2)5-9-18(24)23-20)11-22-21(26)17-8-10-19(29-17)25(27)28/h3-10,12H,11H2,1-2H3,(H,22,26). The highest BCUT2D eigenvalue weighted by molar-refractivity contribution is 5.91. The highest BCUT2D eigenvalue weighted by Crippen LogP contribution is 2.25. The third-order valence-corrected chi connectivity index (χ3v) is 4.60. The fourth-order valence-corrected chi connectivity index (χ4v) is 3.11. The van der Waals surface area contributed by atoms with E-state index in [-0.39, 0.29) is 12.3 Å². The van der Waals surface area contributed by atoms with Gasteiger partial charge in [0.2, 0.25) is 0 Å². The van der Waals surface area contributed by atoms with E-state index in [0.717, 1.165) is 39.8 Å². The molecule has 3 heterocycles. The number of nitrogens with zero attached hydrogens (tertiary/aromatic N) is 3. The van der Waals surface area contributed by atoms with Crippen LogP contribution in [0.2, 0.25) is 0 Å². The zero-order valence-corrected chi connectivity index (χ0v) is 15.9. The lowest BCUT2D eigenvalue weighted by molar-refractivity contribution is -0.402. The second-order valence-electron chi connectivity index (χ2n) is 6.79. The highest BCUT2D eigenvalue weighted by Gasteiger charge is 2.19. The molecule has 0 aliphatic heterocycles. The molecule has 0 aliphatic carbocycles. The Morgan fingerprint density at radius 2 is 1.83 bits per heavy atom. The van der Waals surface area contributed by atoms with Crippen molar-refractivity contribution in [2.24, 2.45) is 0 Å². The Hall–Kier alpha value is -3.94. The highest BCUT2D eigenvalue weighted by atomic mass is 16.6. The summed E-state index contributed by atoms with van der Waals surface area (Å²) in [5.41, 5.74) is 5.48. The van der Waals surface area contributed by atoms with E-state index >= 15 is 0 Å². The lowest BCUT2D eigenvalue weighted by Gasteiger charge is -2.07. The van der Waals surface area contributed by atoms with Crippen LogP contribution in [0.25, 0.3) is 16.9 Å². The van der Waals surface area contributed by atoms with Crippen LogP contribution in [0.15, 0.2) is 59.1 Å². The minimum absolute atomic E-state index is 0.112. The second kappa shape index (κ2) is 7.23. The summed E-state index contributed by atoms with van der Waals surface area (Å²) in [6, 6.07) is 14.3. The molecular formula is C21H18N4O4. The van der Waals surface area contributed by atoms with Crippen molar-refractivity contribution in [1.29, 1.82) is 0 Å². The molecule has 29 heavy (non-hydrogen) atoms. The molecule has 4 rings (SSSR count). The van der Waals surface area contributed by atoms with Gasteiger partial charge < -0.3 is 14.1 Å². The second-order valence-corrected chi connectivity index (χ2v) is 6.79. The number of fused-ring (bicyclic) bond motifs is 1. The van der Waals surface area contributed by atoms with Crippen molar-refractivity contribution in [3.05, 3.63) is 87.4 Å². The molecule has 8 nitrogen and oxygen atoms in total. The van der Waals surface area contributed by atoms with Crippen LogP contribution in [0.3, 0.4) is 0 Å². The van der Waals surface area contributed by atoms with E-state index in [9.17, 15) is 14.9 Å². The van der Waals surface area contributed by atoms with Crippen LogP contribution in [0.4, 0.5) is 5.88 Å². The maximum absolute atomic E-state index is 12.4. The number of furan rings is 1. The first kappa shape index (κ1) is 18.4. The summed E-state index contributed by atoms with van der Waals surface area (Å²) in [5.74, 6) is -1.12. The van der Waals surface area contributed by atoms with Gasteiger partial charge >= 0.3 is 5.88 Å². The average molecular weight is 390 g/mol. The van der Waals surface area contributed by atoms with E-state index in [4.69, 9.17) is 9.40 Å². The lowest BCUT2D eigenvalue weighted by atomic mass is 10.1. The number of nitro groups is 1. The maximum Gasteiger partial charge on any atom is 0.433 e. The molecule has 1 aromatic carbocycles. The quantitative estimate of drug-likeness (QED) is 0.409. The molecule has 0 saturated heterocycles. The number of imidazole rings is 1. The number of benzene rings is 1. The fourth-order valence-electron chi connectivity index (χ4n) is 3.11. The van der Waals surface area contributed by atoms with Crippen molar-refractivity contribution in [1.82, 2.24) is 14.7 Å². The molecule has 146 valence electrons. The van der Waals surface area contributed by atoms with Gasteiger partial charge in [-0.05, 0) is 31.5 Å². The van der Waals surface area contributed by atoms with Crippen LogP contribution in [0, 0.1) is 24.0 Å². The van der Waals surface area contributed by atoms with E-state index in [1.54, 1.807) is 0 Å². The van der Waals surface area contributed by atoms with Gasteiger partial charge in [-0.2, -0.15) is 0 Å². The molecule has 3 aromatic heterocycles. The summed E-state index contributed by atoms with van der Waals surface area (Å²) in [6.07, 6.45) is 1.96. The third kappa shape index (κ3) is 3.60. The Morgan fingerprint density at radius 3 is 2.52 bits per heavy atom. The number of hydrogen-bond acceptors (Lipinski definition) is 5. The summed E-state index contributed by atoms with van der Waals surface area (Å²) >= 11 is 0. The molecule has 0 saturated carbocycles. The Balaban J connectivity index is 1.68. The Bertz CT molecular complexity index is 1220. The van der Waals surface area contributed by atoms with Crippen molar-refractivity contribution in [2.45, 2.75) is 20.4 Å². The van der Waals surface area contributed by atoms with Gasteiger partial charge in [0, 0.05) is 11.8 Å². The molecule has 1 N–H and O–H groups in total. The molecule has 0 unspecified atom stereocenters. The van der Waals surface area contributed by atoms with Crippen LogP contribution in [0.5, 0.6) is 0 Å². The van der Waals surface area contributed by atoms with Gasteiger partial charge in [0.25, 0.3) is 5.91 Å². The topological polar surface area (TPSA) is 103 Å². The molecule has 1 amide bonds. The van der Waals surface area contributed by atoms with Crippen molar-refractivity contribution in [3.63, 3.8) is 0 Å². The zero-order chi connectivity index (χ0) is 20.5. The zero-order valence-electron chi connectivity index (χ0n) is 15.9. The van der Waals surface area contributed by atoms with Crippen LogP contribution in [0.1, 0.15) is 27.4 Å². The molecule has 0 atom stereocenters. The molecular weight excluding hydrogens is 372 g/mol. The minimum atomic E-state index is -0.681. The number of rotatable bonds is 5. The molecule has 0 fully saturated rings. The molecule has 0 spiro atoms. The minimum Gasteiger partial charge on any atom is -0.395 e. The van der Waals surface area contributed by atoms with E-state index in [0.29, 0.717) is 0 Å². The monoisotopic (exact) mass is 390 g/mol. The van der Waals surface area contributed by atoms with Gasteiger partial charge in [-0.1, -0.05) is 35.9 Å². The number of hydrogen-bond donors (Lipinski definition) is 1. The van der Waals surface area contributed by atoms with Gasteiger partial charge in [0.05, 0.1) is 24.0 Å². The number of aromatic nitrogens is 2. The SMILES string of the molecule is Cc1ccc(-c2nc3ccc(C)cn3c2CNC(=O)c2ccc([N+](=O)[O-])o2)cc1. The van der Waals surface area contributed by atoms with Crippen molar-refractivity contribution >= 4 is 17.4 Å². The first-order valence-electron chi connectivity index (χ1n) is 8.99. The maximum atomic E-state index is 12.4. The van der Waals surface area contributed by atoms with E-state index in [1.165, 1.54) is 6.07 Å². The smallest absolute Gasteiger partial charge is 0.395 e. The Kier molecular flexibility index (Phi) is 4.59. The summed E-state index contributed by atoms with van der Waals surface area (Å²) in [6.45, 7) is 4.18. The number of nitrogens with one attached hydrogen (secondary N) is 1. The molecule has 0 radical (unpaired) electrons. The van der Waals surface area contributed by atoms with Crippen LogP contribution >= 0.6 is 0 Å². The fraction of sp³-hybridized carbons (Fsp3) is 0.143. The lowest BCUT2D eigenvalue weighted by Crippen LogP contribution is -2.23. The third-order valence-electron chi connectivity index (χ3n) is 4.60. The van der Waals surface area contributed by atoms with Gasteiger partial charge in [-0.15, -0.1) is 0 Å². The van der Waals surface area contributed by atoms with Crippen LogP contribution in [-0.2, 0) is 6.54 Å². The largest absolute Gasteiger partial charge is 0.433 e. The number of carbonyl (C=O) groups excluding carboxylic acids is 1.